The molecule has 6 nitrogen and oxygen atoms in total. The minimum absolute atomic E-state index is 0.185. The molecule has 1 aliphatic rings. The Hall–Kier alpha value is -1.89. The van der Waals surface area contributed by atoms with Crippen LogP contribution in [0.5, 0.6) is 0 Å². The van der Waals surface area contributed by atoms with Crippen molar-refractivity contribution in [1.82, 2.24) is 15.3 Å². The molecule has 0 atom stereocenters. The molecule has 8 heteroatoms. The number of aromatic nitrogens is 2. The minimum atomic E-state index is -0.801. The van der Waals surface area contributed by atoms with Gasteiger partial charge in [0.1, 0.15) is 0 Å². The molecule has 1 saturated carbocycles. The van der Waals surface area contributed by atoms with Crippen LogP contribution < -0.4 is 10.6 Å². The van der Waals surface area contributed by atoms with E-state index in [1.807, 2.05) is 0 Å². The number of hydrogen-bond donors (Lipinski definition) is 3. The zero-order valence-corrected chi connectivity index (χ0v) is 15.6. The summed E-state index contributed by atoms with van der Waals surface area (Å²) in [7, 11) is 0. The Morgan fingerprint density at radius 2 is 2.00 bits per heavy atom. The fourth-order valence-corrected chi connectivity index (χ4v) is 3.39. The van der Waals surface area contributed by atoms with Gasteiger partial charge >= 0.3 is 0 Å². The summed E-state index contributed by atoms with van der Waals surface area (Å²) >= 11 is 11.9. The lowest BCUT2D eigenvalue weighted by Crippen LogP contribution is -2.40. The molecule has 138 valence electrons. The number of halogens is 2. The van der Waals surface area contributed by atoms with E-state index in [2.05, 4.69) is 20.6 Å². The fraction of sp³-hybridized carbons (Fsp3) is 0.389. The number of nitrogens with one attached hydrogen (secondary N) is 2. The van der Waals surface area contributed by atoms with Crippen molar-refractivity contribution in [1.29, 1.82) is 0 Å². The Bertz CT molecular complexity index is 795. The van der Waals surface area contributed by atoms with E-state index in [9.17, 15) is 9.90 Å². The number of aliphatic hydroxyl groups is 1. The van der Waals surface area contributed by atoms with Crippen LogP contribution in [0.1, 0.15) is 41.7 Å². The molecular weight excluding hydrogens is 375 g/mol. The molecule has 0 bridgehead atoms. The van der Waals surface area contributed by atoms with Crippen LogP contribution >= 0.6 is 23.2 Å². The van der Waals surface area contributed by atoms with Crippen molar-refractivity contribution >= 4 is 34.8 Å². The van der Waals surface area contributed by atoms with Gasteiger partial charge in [-0.1, -0.05) is 24.4 Å². The zero-order chi connectivity index (χ0) is 18.6. The van der Waals surface area contributed by atoms with Crippen LogP contribution in [-0.4, -0.2) is 33.1 Å². The van der Waals surface area contributed by atoms with Gasteiger partial charge in [-0.2, -0.15) is 0 Å². The van der Waals surface area contributed by atoms with Gasteiger partial charge in [0, 0.05) is 18.4 Å². The van der Waals surface area contributed by atoms with Crippen LogP contribution in [0, 0.1) is 0 Å². The lowest BCUT2D eigenvalue weighted by atomic mass is 10.0. The van der Waals surface area contributed by atoms with E-state index >= 15 is 0 Å². The highest BCUT2D eigenvalue weighted by Crippen LogP contribution is 2.29. The molecule has 3 rings (SSSR count). The third-order valence-electron chi connectivity index (χ3n) is 4.48. The van der Waals surface area contributed by atoms with Gasteiger partial charge in [0.2, 0.25) is 5.28 Å². The van der Waals surface area contributed by atoms with Crippen molar-refractivity contribution in [3.63, 3.8) is 0 Å². The van der Waals surface area contributed by atoms with Crippen LogP contribution in [0.2, 0.25) is 10.3 Å². The summed E-state index contributed by atoms with van der Waals surface area (Å²) < 4.78 is 0. The average Bonchev–Trinajstić information content (AvgIpc) is 3.06. The SMILES string of the molecule is O=C(NCC1(O)CCCC1)c1cc(NCc2ccnc(Cl)n2)ccc1Cl. The first kappa shape index (κ1) is 18.9. The standard InChI is InChI=1S/C18H20Cl2N4O2/c19-15-4-3-12(22-10-13-5-8-21-17(20)24-13)9-14(15)16(25)23-11-18(26)6-1-2-7-18/h3-5,8-9,22,26H,1-2,6-7,10-11H2,(H,23,25). The summed E-state index contributed by atoms with van der Waals surface area (Å²) in [6.45, 7) is 0.671. The van der Waals surface area contributed by atoms with Gasteiger partial charge < -0.3 is 15.7 Å². The normalized spacial score (nSPS) is 15.7. The third kappa shape index (κ3) is 4.84. The van der Waals surface area contributed by atoms with Gasteiger partial charge in [0.15, 0.2) is 0 Å². The van der Waals surface area contributed by atoms with E-state index in [4.69, 9.17) is 23.2 Å². The predicted molar refractivity (Wildman–Crippen MR) is 102 cm³/mol. The van der Waals surface area contributed by atoms with Gasteiger partial charge in [-0.25, -0.2) is 9.97 Å². The molecule has 0 spiro atoms. The second-order valence-electron chi connectivity index (χ2n) is 6.48. The van der Waals surface area contributed by atoms with Crippen LogP contribution in [0.3, 0.4) is 0 Å². The highest BCUT2D eigenvalue weighted by atomic mass is 35.5. The Morgan fingerprint density at radius 1 is 1.23 bits per heavy atom. The van der Waals surface area contributed by atoms with Crippen molar-refractivity contribution in [3.05, 3.63) is 52.0 Å². The van der Waals surface area contributed by atoms with E-state index < -0.39 is 5.60 Å². The molecule has 2 aromatic rings. The molecule has 1 aromatic carbocycles. The second kappa shape index (κ2) is 8.20. The van der Waals surface area contributed by atoms with Gasteiger partial charge in [-0.15, -0.1) is 0 Å². The lowest BCUT2D eigenvalue weighted by Gasteiger charge is -2.22. The maximum absolute atomic E-state index is 12.5. The van der Waals surface area contributed by atoms with Gasteiger partial charge in [0.25, 0.3) is 5.91 Å². The molecule has 0 unspecified atom stereocenters. The van der Waals surface area contributed by atoms with Crippen molar-refractivity contribution in [2.45, 2.75) is 37.8 Å². The van der Waals surface area contributed by atoms with Crippen LogP contribution in [-0.2, 0) is 6.54 Å². The number of nitrogens with zero attached hydrogens (tertiary/aromatic N) is 2. The number of carbonyl (C=O) groups is 1. The number of hydrogen-bond acceptors (Lipinski definition) is 5. The molecule has 3 N–H and O–H groups in total. The Kier molecular flexibility index (Phi) is 5.96. The highest BCUT2D eigenvalue weighted by molar-refractivity contribution is 6.34. The topological polar surface area (TPSA) is 87.1 Å². The molecule has 0 aliphatic heterocycles. The lowest BCUT2D eigenvalue weighted by molar-refractivity contribution is 0.0449. The third-order valence-corrected chi connectivity index (χ3v) is 4.99. The maximum Gasteiger partial charge on any atom is 0.252 e. The molecule has 0 saturated heterocycles. The number of anilines is 1. The fourth-order valence-electron chi connectivity index (χ4n) is 3.02. The van der Waals surface area contributed by atoms with Crippen molar-refractivity contribution < 1.29 is 9.90 Å². The summed E-state index contributed by atoms with van der Waals surface area (Å²) in [5, 5.41) is 16.9. The zero-order valence-electron chi connectivity index (χ0n) is 14.1. The molecule has 1 aliphatic carbocycles. The molecule has 1 fully saturated rings. The molecule has 1 heterocycles. The summed E-state index contributed by atoms with van der Waals surface area (Å²) in [5.41, 5.74) is 1.02. The van der Waals surface area contributed by atoms with Crippen molar-refractivity contribution in [2.75, 3.05) is 11.9 Å². The molecule has 26 heavy (non-hydrogen) atoms. The Balaban J connectivity index is 1.64. The molecule has 0 radical (unpaired) electrons. The van der Waals surface area contributed by atoms with Crippen LogP contribution in [0.25, 0.3) is 0 Å². The van der Waals surface area contributed by atoms with E-state index in [0.29, 0.717) is 30.0 Å². The number of carbonyl (C=O) groups excluding carboxylic acids is 1. The van der Waals surface area contributed by atoms with Crippen LogP contribution in [0.4, 0.5) is 5.69 Å². The summed E-state index contributed by atoms with van der Waals surface area (Å²) in [6, 6.07) is 6.88. The van der Waals surface area contributed by atoms with Gasteiger partial charge in [-0.05, 0) is 48.7 Å². The quantitative estimate of drug-likeness (QED) is 0.653. The molecule has 1 aromatic heterocycles. The average molecular weight is 395 g/mol. The largest absolute Gasteiger partial charge is 0.388 e. The first-order valence-electron chi connectivity index (χ1n) is 8.47. The molecular formula is C18H20Cl2N4O2. The van der Waals surface area contributed by atoms with Crippen molar-refractivity contribution in [2.24, 2.45) is 0 Å². The number of amides is 1. The van der Waals surface area contributed by atoms with E-state index in [0.717, 1.165) is 24.2 Å². The highest BCUT2D eigenvalue weighted by Gasteiger charge is 2.31. The van der Waals surface area contributed by atoms with Gasteiger partial charge in [0.05, 0.1) is 28.4 Å². The first-order valence-corrected chi connectivity index (χ1v) is 9.22. The van der Waals surface area contributed by atoms with Crippen molar-refractivity contribution in [3.8, 4) is 0 Å². The summed E-state index contributed by atoms with van der Waals surface area (Å²) in [4.78, 5) is 20.4. The van der Waals surface area contributed by atoms with E-state index in [-0.39, 0.29) is 17.7 Å². The summed E-state index contributed by atoms with van der Waals surface area (Å²) in [6.07, 6.45) is 4.98. The Labute approximate surface area is 162 Å². The van der Waals surface area contributed by atoms with Crippen LogP contribution in [0.15, 0.2) is 30.5 Å². The summed E-state index contributed by atoms with van der Waals surface area (Å²) in [5.74, 6) is -0.302. The smallest absolute Gasteiger partial charge is 0.252 e. The number of benzene rings is 1. The molecule has 1 amide bonds. The van der Waals surface area contributed by atoms with E-state index in [1.54, 1.807) is 30.5 Å². The predicted octanol–water partition coefficient (Wildman–Crippen LogP) is 3.43. The minimum Gasteiger partial charge on any atom is -0.388 e. The number of rotatable bonds is 6. The monoisotopic (exact) mass is 394 g/mol. The Morgan fingerprint density at radius 3 is 2.73 bits per heavy atom. The van der Waals surface area contributed by atoms with Gasteiger partial charge in [-0.3, -0.25) is 4.79 Å². The van der Waals surface area contributed by atoms with E-state index in [1.165, 1.54) is 0 Å². The second-order valence-corrected chi connectivity index (χ2v) is 7.22. The first-order chi connectivity index (χ1) is 12.5. The maximum atomic E-state index is 12.5.